The first-order chi connectivity index (χ1) is 16.4. The fraction of sp³-hybridized carbons (Fsp3) is 0.259. The van der Waals surface area contributed by atoms with Gasteiger partial charge >= 0.3 is 0 Å². The zero-order valence-corrected chi connectivity index (χ0v) is 19.3. The number of amides is 3. The molecule has 7 heteroatoms. The van der Waals surface area contributed by atoms with Gasteiger partial charge in [0.15, 0.2) is 0 Å². The fourth-order valence-electron chi connectivity index (χ4n) is 4.04. The molecule has 0 radical (unpaired) electrons. The van der Waals surface area contributed by atoms with Crippen LogP contribution in [-0.2, 0) is 16.1 Å². The van der Waals surface area contributed by atoms with Gasteiger partial charge in [0.25, 0.3) is 5.91 Å². The molecule has 3 aromatic rings. The monoisotopic (exact) mass is 456 g/mol. The number of hydrogen-bond donors (Lipinski definition) is 1. The van der Waals surface area contributed by atoms with Crippen molar-refractivity contribution in [2.45, 2.75) is 32.9 Å². The largest absolute Gasteiger partial charge is 0.339 e. The number of carbonyl (C=O) groups is 3. The Bertz CT molecular complexity index is 1150. The van der Waals surface area contributed by atoms with Crippen LogP contribution in [0.2, 0.25) is 0 Å². The quantitative estimate of drug-likeness (QED) is 0.580. The van der Waals surface area contributed by atoms with Gasteiger partial charge in [-0.3, -0.25) is 19.3 Å². The molecule has 1 atom stereocenters. The van der Waals surface area contributed by atoms with E-state index < -0.39 is 0 Å². The lowest BCUT2D eigenvalue weighted by Crippen LogP contribution is -2.33. The molecule has 1 fully saturated rings. The van der Waals surface area contributed by atoms with Crippen molar-refractivity contribution in [2.75, 3.05) is 16.8 Å². The molecule has 0 aliphatic carbocycles. The van der Waals surface area contributed by atoms with Gasteiger partial charge in [-0.25, -0.2) is 4.98 Å². The Kier molecular flexibility index (Phi) is 7.01. The molecule has 1 aliphatic rings. The standard InChI is InChI=1S/C27H28N4O3/c1-19(2)30-18-22(16-25(30)32)26(33)29-23-13-11-21(12-14-23)27(34)31(24-10-6-7-15-28-24)17-20-8-4-3-5-9-20/h3-15,19,22H,16-18H2,1-2H3,(H,29,33). The van der Waals surface area contributed by atoms with E-state index in [9.17, 15) is 14.4 Å². The molecule has 1 aromatic heterocycles. The van der Waals surface area contributed by atoms with E-state index in [0.717, 1.165) is 5.56 Å². The van der Waals surface area contributed by atoms with Crippen LogP contribution in [0.5, 0.6) is 0 Å². The van der Waals surface area contributed by atoms with Gasteiger partial charge in [-0.2, -0.15) is 0 Å². The van der Waals surface area contributed by atoms with E-state index in [1.807, 2.05) is 56.3 Å². The normalized spacial score (nSPS) is 15.4. The van der Waals surface area contributed by atoms with E-state index in [2.05, 4.69) is 10.3 Å². The molecule has 2 heterocycles. The van der Waals surface area contributed by atoms with E-state index in [0.29, 0.717) is 30.2 Å². The number of likely N-dealkylation sites (tertiary alicyclic amines) is 1. The van der Waals surface area contributed by atoms with Crippen LogP contribution in [0.25, 0.3) is 0 Å². The van der Waals surface area contributed by atoms with Gasteiger partial charge in [-0.1, -0.05) is 36.4 Å². The number of benzene rings is 2. The van der Waals surface area contributed by atoms with E-state index in [4.69, 9.17) is 0 Å². The molecular weight excluding hydrogens is 428 g/mol. The van der Waals surface area contributed by atoms with Crippen LogP contribution in [-0.4, -0.2) is 40.2 Å². The Morgan fingerprint density at radius 2 is 1.74 bits per heavy atom. The van der Waals surface area contributed by atoms with Crippen molar-refractivity contribution >= 4 is 29.2 Å². The van der Waals surface area contributed by atoms with Gasteiger partial charge in [-0.05, 0) is 55.8 Å². The van der Waals surface area contributed by atoms with Crippen LogP contribution < -0.4 is 10.2 Å². The second-order valence-corrected chi connectivity index (χ2v) is 8.67. The third kappa shape index (κ3) is 5.31. The predicted molar refractivity (Wildman–Crippen MR) is 131 cm³/mol. The maximum Gasteiger partial charge on any atom is 0.259 e. The zero-order valence-electron chi connectivity index (χ0n) is 19.3. The number of aromatic nitrogens is 1. The number of anilines is 2. The highest BCUT2D eigenvalue weighted by molar-refractivity contribution is 6.06. The van der Waals surface area contributed by atoms with Crippen molar-refractivity contribution in [1.29, 1.82) is 0 Å². The lowest BCUT2D eigenvalue weighted by molar-refractivity contribution is -0.129. The molecule has 174 valence electrons. The summed E-state index contributed by atoms with van der Waals surface area (Å²) < 4.78 is 0. The minimum absolute atomic E-state index is 0.00382. The molecule has 1 aliphatic heterocycles. The SMILES string of the molecule is CC(C)N1CC(C(=O)Nc2ccc(C(=O)N(Cc3ccccc3)c3ccccn3)cc2)CC1=O. The molecule has 7 nitrogen and oxygen atoms in total. The number of nitrogens with one attached hydrogen (secondary N) is 1. The molecule has 3 amide bonds. The molecule has 1 saturated heterocycles. The van der Waals surface area contributed by atoms with Gasteiger partial charge < -0.3 is 10.2 Å². The average molecular weight is 457 g/mol. The number of pyridine rings is 1. The summed E-state index contributed by atoms with van der Waals surface area (Å²) in [6, 6.07) is 22.1. The van der Waals surface area contributed by atoms with Crippen molar-refractivity contribution in [2.24, 2.45) is 5.92 Å². The van der Waals surface area contributed by atoms with Crippen LogP contribution in [0, 0.1) is 5.92 Å². The second kappa shape index (κ2) is 10.3. The minimum Gasteiger partial charge on any atom is -0.339 e. The molecule has 34 heavy (non-hydrogen) atoms. The maximum absolute atomic E-state index is 13.4. The summed E-state index contributed by atoms with van der Waals surface area (Å²) in [6.07, 6.45) is 1.88. The lowest BCUT2D eigenvalue weighted by atomic mass is 10.1. The third-order valence-corrected chi connectivity index (χ3v) is 5.91. The number of rotatable bonds is 7. The lowest BCUT2D eigenvalue weighted by Gasteiger charge is -2.22. The van der Waals surface area contributed by atoms with Gasteiger partial charge in [0.2, 0.25) is 11.8 Å². The first kappa shape index (κ1) is 23.2. The summed E-state index contributed by atoms with van der Waals surface area (Å²) in [5.41, 5.74) is 2.07. The van der Waals surface area contributed by atoms with Crippen LogP contribution in [0.3, 0.4) is 0 Å². The Morgan fingerprint density at radius 3 is 2.35 bits per heavy atom. The highest BCUT2D eigenvalue weighted by Crippen LogP contribution is 2.23. The number of carbonyl (C=O) groups excluding carboxylic acids is 3. The summed E-state index contributed by atoms with van der Waals surface area (Å²) in [5, 5.41) is 2.88. The second-order valence-electron chi connectivity index (χ2n) is 8.67. The van der Waals surface area contributed by atoms with Crippen LogP contribution >= 0.6 is 0 Å². The van der Waals surface area contributed by atoms with Crippen molar-refractivity contribution < 1.29 is 14.4 Å². The van der Waals surface area contributed by atoms with Crippen molar-refractivity contribution in [1.82, 2.24) is 9.88 Å². The highest BCUT2D eigenvalue weighted by Gasteiger charge is 2.35. The van der Waals surface area contributed by atoms with Crippen LogP contribution in [0.4, 0.5) is 11.5 Å². The van der Waals surface area contributed by atoms with Gasteiger partial charge in [-0.15, -0.1) is 0 Å². The molecule has 0 saturated carbocycles. The summed E-state index contributed by atoms with van der Waals surface area (Å²) in [7, 11) is 0. The first-order valence-electron chi connectivity index (χ1n) is 11.4. The van der Waals surface area contributed by atoms with E-state index in [1.54, 1.807) is 46.3 Å². The Balaban J connectivity index is 1.47. The first-order valence-corrected chi connectivity index (χ1v) is 11.4. The molecule has 1 unspecified atom stereocenters. The summed E-state index contributed by atoms with van der Waals surface area (Å²) in [5.74, 6) is -0.177. The van der Waals surface area contributed by atoms with Crippen LogP contribution in [0.1, 0.15) is 36.2 Å². The molecule has 1 N–H and O–H groups in total. The average Bonchev–Trinajstić information content (AvgIpc) is 3.26. The molecular formula is C27H28N4O3. The molecule has 4 rings (SSSR count). The topological polar surface area (TPSA) is 82.6 Å². The Labute approximate surface area is 199 Å². The smallest absolute Gasteiger partial charge is 0.259 e. The summed E-state index contributed by atoms with van der Waals surface area (Å²) in [6.45, 7) is 4.70. The summed E-state index contributed by atoms with van der Waals surface area (Å²) in [4.78, 5) is 45.9. The zero-order chi connectivity index (χ0) is 24.1. The number of nitrogens with zero attached hydrogens (tertiary/aromatic N) is 3. The minimum atomic E-state index is -0.373. The fourth-order valence-corrected chi connectivity index (χ4v) is 4.04. The molecule has 0 bridgehead atoms. The Morgan fingerprint density at radius 1 is 1.03 bits per heavy atom. The highest BCUT2D eigenvalue weighted by atomic mass is 16.2. The van der Waals surface area contributed by atoms with Crippen molar-refractivity contribution in [3.63, 3.8) is 0 Å². The van der Waals surface area contributed by atoms with E-state index in [1.165, 1.54) is 0 Å². The van der Waals surface area contributed by atoms with E-state index >= 15 is 0 Å². The number of hydrogen-bond acceptors (Lipinski definition) is 4. The van der Waals surface area contributed by atoms with E-state index in [-0.39, 0.29) is 36.1 Å². The summed E-state index contributed by atoms with van der Waals surface area (Å²) >= 11 is 0. The maximum atomic E-state index is 13.4. The molecule has 2 aromatic carbocycles. The van der Waals surface area contributed by atoms with Gasteiger partial charge in [0.05, 0.1) is 12.5 Å². The van der Waals surface area contributed by atoms with Crippen molar-refractivity contribution in [3.05, 3.63) is 90.1 Å². The predicted octanol–water partition coefficient (Wildman–Crippen LogP) is 4.12. The van der Waals surface area contributed by atoms with Crippen molar-refractivity contribution in [3.8, 4) is 0 Å². The third-order valence-electron chi connectivity index (χ3n) is 5.91. The molecule has 0 spiro atoms. The van der Waals surface area contributed by atoms with Gasteiger partial charge in [0, 0.05) is 36.5 Å². The van der Waals surface area contributed by atoms with Gasteiger partial charge in [0.1, 0.15) is 5.82 Å². The Hall–Kier alpha value is -4.00. The van der Waals surface area contributed by atoms with Crippen LogP contribution in [0.15, 0.2) is 79.0 Å².